The van der Waals surface area contributed by atoms with Crippen LogP contribution in [0.2, 0.25) is 0 Å². The van der Waals surface area contributed by atoms with Gasteiger partial charge in [-0.3, -0.25) is 10.00 Å². The molecule has 3 heterocycles. The summed E-state index contributed by atoms with van der Waals surface area (Å²) in [7, 11) is 2.05. The second kappa shape index (κ2) is 5.98. The zero-order valence-corrected chi connectivity index (χ0v) is 13.6. The highest BCUT2D eigenvalue weighted by Crippen LogP contribution is 2.30. The van der Waals surface area contributed by atoms with E-state index in [2.05, 4.69) is 34.2 Å². The highest BCUT2D eigenvalue weighted by atomic mass is 16.5. The Hall–Kier alpha value is -2.86. The molecular weight excluding hydrogens is 304 g/mol. The van der Waals surface area contributed by atoms with Gasteiger partial charge in [-0.25, -0.2) is 0 Å². The van der Waals surface area contributed by atoms with E-state index in [1.807, 2.05) is 42.6 Å². The van der Waals surface area contributed by atoms with E-state index in [0.717, 1.165) is 40.2 Å². The molecule has 6 nitrogen and oxygen atoms in total. The van der Waals surface area contributed by atoms with Crippen LogP contribution >= 0.6 is 0 Å². The molecule has 1 N–H and O–H groups in total. The first kappa shape index (κ1) is 14.7. The SMILES string of the molecule is C[C@H](c1ccon1)N(C)Cc1cn[nH]c1-c1cc2ccccc2o1. The Morgan fingerprint density at radius 3 is 2.92 bits per heavy atom. The fourth-order valence-electron chi connectivity index (χ4n) is 2.82. The molecule has 0 spiro atoms. The Morgan fingerprint density at radius 2 is 2.12 bits per heavy atom. The fraction of sp³-hybridized carbons (Fsp3) is 0.222. The molecular formula is C18H18N4O2. The summed E-state index contributed by atoms with van der Waals surface area (Å²) in [4.78, 5) is 2.19. The molecule has 0 unspecified atom stereocenters. The van der Waals surface area contributed by atoms with Gasteiger partial charge >= 0.3 is 0 Å². The first-order valence-corrected chi connectivity index (χ1v) is 7.84. The summed E-state index contributed by atoms with van der Waals surface area (Å²) in [5, 5.41) is 12.4. The monoisotopic (exact) mass is 322 g/mol. The molecule has 0 aliphatic rings. The fourth-order valence-corrected chi connectivity index (χ4v) is 2.82. The third-order valence-corrected chi connectivity index (χ3v) is 4.36. The average Bonchev–Trinajstić information content (AvgIpc) is 3.33. The van der Waals surface area contributed by atoms with E-state index in [-0.39, 0.29) is 6.04 Å². The minimum Gasteiger partial charge on any atom is -0.454 e. The number of benzene rings is 1. The minimum atomic E-state index is 0.141. The smallest absolute Gasteiger partial charge is 0.153 e. The Kier molecular flexibility index (Phi) is 3.66. The van der Waals surface area contributed by atoms with Gasteiger partial charge in [0.2, 0.25) is 0 Å². The maximum absolute atomic E-state index is 5.95. The van der Waals surface area contributed by atoms with E-state index in [0.29, 0.717) is 0 Å². The van der Waals surface area contributed by atoms with Crippen LogP contribution in [0.4, 0.5) is 0 Å². The van der Waals surface area contributed by atoms with Crippen molar-refractivity contribution in [1.29, 1.82) is 0 Å². The zero-order chi connectivity index (χ0) is 16.5. The second-order valence-corrected chi connectivity index (χ2v) is 5.93. The summed E-state index contributed by atoms with van der Waals surface area (Å²) in [5.74, 6) is 0.797. The molecule has 0 bridgehead atoms. The molecule has 0 amide bonds. The quantitative estimate of drug-likeness (QED) is 0.601. The van der Waals surface area contributed by atoms with Gasteiger partial charge in [0.1, 0.15) is 23.2 Å². The van der Waals surface area contributed by atoms with E-state index in [1.54, 1.807) is 6.26 Å². The van der Waals surface area contributed by atoms with Gasteiger partial charge in [0.25, 0.3) is 0 Å². The summed E-state index contributed by atoms with van der Waals surface area (Å²) >= 11 is 0. The van der Waals surface area contributed by atoms with Crippen molar-refractivity contribution in [2.24, 2.45) is 0 Å². The van der Waals surface area contributed by atoms with Crippen molar-refractivity contribution in [3.8, 4) is 11.5 Å². The molecule has 122 valence electrons. The number of rotatable bonds is 5. The van der Waals surface area contributed by atoms with Gasteiger partial charge in [-0.05, 0) is 26.1 Å². The van der Waals surface area contributed by atoms with Crippen LogP contribution in [0.15, 0.2) is 57.8 Å². The lowest BCUT2D eigenvalue weighted by atomic mass is 10.1. The van der Waals surface area contributed by atoms with Gasteiger partial charge in [0.15, 0.2) is 5.76 Å². The Balaban J connectivity index is 1.60. The van der Waals surface area contributed by atoms with Crippen molar-refractivity contribution in [3.05, 3.63) is 60.1 Å². The van der Waals surface area contributed by atoms with E-state index in [1.165, 1.54) is 0 Å². The van der Waals surface area contributed by atoms with Crippen molar-refractivity contribution < 1.29 is 8.94 Å². The summed E-state index contributed by atoms with van der Waals surface area (Å²) in [6.07, 6.45) is 3.44. The van der Waals surface area contributed by atoms with Crippen molar-refractivity contribution >= 4 is 11.0 Å². The maximum Gasteiger partial charge on any atom is 0.153 e. The van der Waals surface area contributed by atoms with Crippen LogP contribution in [0.3, 0.4) is 0 Å². The molecule has 0 saturated carbocycles. The van der Waals surface area contributed by atoms with Crippen LogP contribution in [0.25, 0.3) is 22.4 Å². The highest BCUT2D eigenvalue weighted by molar-refractivity contribution is 5.82. The largest absolute Gasteiger partial charge is 0.454 e. The van der Waals surface area contributed by atoms with Gasteiger partial charge < -0.3 is 8.94 Å². The molecule has 0 aliphatic heterocycles. The van der Waals surface area contributed by atoms with Crippen molar-refractivity contribution in [2.45, 2.75) is 19.5 Å². The first-order valence-electron chi connectivity index (χ1n) is 7.84. The van der Waals surface area contributed by atoms with Gasteiger partial charge in [0, 0.05) is 23.6 Å². The lowest BCUT2D eigenvalue weighted by Gasteiger charge is -2.22. The Bertz CT molecular complexity index is 906. The molecule has 0 aliphatic carbocycles. The van der Waals surface area contributed by atoms with Crippen LogP contribution < -0.4 is 0 Å². The number of nitrogens with zero attached hydrogens (tertiary/aromatic N) is 3. The van der Waals surface area contributed by atoms with Crippen LogP contribution in [0.1, 0.15) is 24.2 Å². The molecule has 1 aromatic carbocycles. The van der Waals surface area contributed by atoms with E-state index >= 15 is 0 Å². The molecule has 4 rings (SSSR count). The molecule has 6 heteroatoms. The van der Waals surface area contributed by atoms with Crippen LogP contribution in [0.5, 0.6) is 0 Å². The summed E-state index contributed by atoms with van der Waals surface area (Å²) < 4.78 is 10.9. The van der Waals surface area contributed by atoms with Gasteiger partial charge in [-0.2, -0.15) is 5.10 Å². The van der Waals surface area contributed by atoms with Crippen LogP contribution in [-0.4, -0.2) is 27.3 Å². The molecule has 0 fully saturated rings. The van der Waals surface area contributed by atoms with Crippen molar-refractivity contribution in [2.75, 3.05) is 7.05 Å². The number of hydrogen-bond acceptors (Lipinski definition) is 5. The predicted molar refractivity (Wildman–Crippen MR) is 90.2 cm³/mol. The van der Waals surface area contributed by atoms with Crippen molar-refractivity contribution in [1.82, 2.24) is 20.3 Å². The summed E-state index contributed by atoms with van der Waals surface area (Å²) in [5.41, 5.74) is 3.76. The topological polar surface area (TPSA) is 71.1 Å². The molecule has 4 aromatic rings. The van der Waals surface area contributed by atoms with Gasteiger partial charge in [0.05, 0.1) is 12.2 Å². The van der Waals surface area contributed by atoms with E-state index in [4.69, 9.17) is 8.94 Å². The lowest BCUT2D eigenvalue weighted by Crippen LogP contribution is -2.22. The van der Waals surface area contributed by atoms with Crippen LogP contribution in [0, 0.1) is 0 Å². The normalized spacial score (nSPS) is 13.0. The number of furan rings is 1. The maximum atomic E-state index is 5.95. The number of hydrogen-bond donors (Lipinski definition) is 1. The second-order valence-electron chi connectivity index (χ2n) is 5.93. The molecule has 3 aromatic heterocycles. The average molecular weight is 322 g/mol. The Morgan fingerprint density at radius 1 is 1.25 bits per heavy atom. The molecule has 0 radical (unpaired) electrons. The third kappa shape index (κ3) is 2.61. The van der Waals surface area contributed by atoms with Crippen molar-refractivity contribution in [3.63, 3.8) is 0 Å². The molecule has 1 atom stereocenters. The number of H-pyrrole nitrogens is 1. The highest BCUT2D eigenvalue weighted by Gasteiger charge is 2.19. The molecule has 0 saturated heterocycles. The standard InChI is InChI=1S/C18H18N4O2/c1-12(15-7-8-23-21-15)22(2)11-14-10-19-20-18(14)17-9-13-5-3-4-6-16(13)24-17/h3-10,12H,11H2,1-2H3,(H,19,20)/t12-/m1/s1. The summed E-state index contributed by atoms with van der Waals surface area (Å²) in [6, 6.07) is 12.0. The van der Waals surface area contributed by atoms with E-state index in [9.17, 15) is 0 Å². The number of nitrogens with one attached hydrogen (secondary N) is 1. The van der Waals surface area contributed by atoms with Crippen LogP contribution in [-0.2, 0) is 6.54 Å². The van der Waals surface area contributed by atoms with E-state index < -0.39 is 0 Å². The van der Waals surface area contributed by atoms with Gasteiger partial charge in [-0.15, -0.1) is 0 Å². The summed E-state index contributed by atoms with van der Waals surface area (Å²) in [6.45, 7) is 2.82. The number of aromatic amines is 1. The predicted octanol–water partition coefficient (Wildman–Crippen LogP) is 4.00. The number of para-hydroxylation sites is 1. The molecule has 24 heavy (non-hydrogen) atoms. The first-order chi connectivity index (χ1) is 11.7. The number of aromatic nitrogens is 3. The van der Waals surface area contributed by atoms with Gasteiger partial charge in [-0.1, -0.05) is 23.4 Å². The Labute approximate surface area is 139 Å². The zero-order valence-electron chi connectivity index (χ0n) is 13.6. The number of fused-ring (bicyclic) bond motifs is 1. The minimum absolute atomic E-state index is 0.141. The lowest BCUT2D eigenvalue weighted by molar-refractivity contribution is 0.241. The third-order valence-electron chi connectivity index (χ3n) is 4.36.